The van der Waals surface area contributed by atoms with Crippen LogP contribution in [-0.4, -0.2) is 34.2 Å². The quantitative estimate of drug-likeness (QED) is 0.586. The number of benzene rings is 2. The average Bonchev–Trinajstić information content (AvgIpc) is 2.67. The van der Waals surface area contributed by atoms with Gasteiger partial charge in [-0.05, 0) is 30.5 Å². The number of nitro benzene ring substituents is 1. The smallest absolute Gasteiger partial charge is 0.274 e. The number of carbonyl (C=O) groups is 2. The summed E-state index contributed by atoms with van der Waals surface area (Å²) in [6.45, 7) is 2.51. The van der Waals surface area contributed by atoms with E-state index < -0.39 is 16.9 Å². The van der Waals surface area contributed by atoms with E-state index in [1.54, 1.807) is 13.0 Å². The molecule has 0 saturated carbocycles. The van der Waals surface area contributed by atoms with E-state index in [1.807, 2.05) is 29.2 Å². The Balaban J connectivity index is 1.66. The zero-order chi connectivity index (χ0) is 20.3. The highest BCUT2D eigenvalue weighted by Crippen LogP contribution is 2.26. The maximum atomic E-state index is 12.4. The summed E-state index contributed by atoms with van der Waals surface area (Å²) in [6.07, 6.45) is 0.672. The predicted molar refractivity (Wildman–Crippen MR) is 105 cm³/mol. The van der Waals surface area contributed by atoms with E-state index in [-0.39, 0.29) is 18.0 Å². The molecule has 1 heterocycles. The molecule has 8 heteroatoms. The molecule has 0 aliphatic carbocycles. The molecule has 0 saturated heterocycles. The molecular weight excluding hydrogens is 360 g/mol. The summed E-state index contributed by atoms with van der Waals surface area (Å²) in [5.74, 6) is -0.685. The Hall–Kier alpha value is -3.26. The molecule has 0 unspecified atom stereocenters. The molecule has 0 bridgehead atoms. The molecule has 1 aliphatic heterocycles. The minimum Gasteiger partial charge on any atom is -0.368 e. The molecule has 3 rings (SSSR count). The van der Waals surface area contributed by atoms with Crippen LogP contribution in [0.4, 0.5) is 11.4 Å². The number of nitrogens with two attached hydrogens (primary N) is 1. The molecule has 2 amide bonds. The minimum absolute atomic E-state index is 0.0424. The van der Waals surface area contributed by atoms with Crippen molar-refractivity contribution in [1.29, 1.82) is 0 Å². The molecule has 2 aromatic carbocycles. The number of rotatable bonds is 6. The van der Waals surface area contributed by atoms with Gasteiger partial charge in [-0.2, -0.15) is 0 Å². The zero-order valence-corrected chi connectivity index (χ0v) is 15.6. The second-order valence-electron chi connectivity index (χ2n) is 6.87. The third kappa shape index (κ3) is 4.17. The fourth-order valence-corrected chi connectivity index (χ4v) is 3.51. The van der Waals surface area contributed by atoms with Crippen LogP contribution in [0.2, 0.25) is 0 Å². The molecule has 0 fully saturated rings. The van der Waals surface area contributed by atoms with Crippen LogP contribution in [0.15, 0.2) is 42.5 Å². The average molecular weight is 382 g/mol. The number of anilines is 1. The van der Waals surface area contributed by atoms with E-state index in [2.05, 4.69) is 5.32 Å². The Bertz CT molecular complexity index is 928. The number of carbonyl (C=O) groups excluding carboxylic acids is 2. The van der Waals surface area contributed by atoms with Gasteiger partial charge in [-0.1, -0.05) is 30.3 Å². The molecule has 0 radical (unpaired) electrons. The van der Waals surface area contributed by atoms with E-state index in [0.717, 1.165) is 11.1 Å². The van der Waals surface area contributed by atoms with Crippen LogP contribution >= 0.6 is 0 Å². The molecule has 1 aliphatic rings. The normalized spacial score (nSPS) is 16.2. The largest absolute Gasteiger partial charge is 0.368 e. The Morgan fingerprint density at radius 1 is 1.21 bits per heavy atom. The maximum Gasteiger partial charge on any atom is 0.274 e. The molecule has 2 aromatic rings. The third-order valence-corrected chi connectivity index (χ3v) is 5.08. The molecule has 1 atom stereocenters. The number of amides is 2. The van der Waals surface area contributed by atoms with Crippen molar-refractivity contribution >= 4 is 23.2 Å². The summed E-state index contributed by atoms with van der Waals surface area (Å²) in [5.41, 5.74) is 8.56. The third-order valence-electron chi connectivity index (χ3n) is 5.08. The molecule has 3 N–H and O–H groups in total. The molecule has 8 nitrogen and oxygen atoms in total. The van der Waals surface area contributed by atoms with Crippen molar-refractivity contribution in [2.24, 2.45) is 5.73 Å². The van der Waals surface area contributed by atoms with Gasteiger partial charge in [-0.25, -0.2) is 0 Å². The number of primary amides is 1. The Morgan fingerprint density at radius 3 is 2.61 bits per heavy atom. The van der Waals surface area contributed by atoms with Crippen LogP contribution in [0.25, 0.3) is 0 Å². The van der Waals surface area contributed by atoms with Crippen LogP contribution in [0, 0.1) is 17.0 Å². The number of hydrogen-bond donors (Lipinski definition) is 2. The van der Waals surface area contributed by atoms with Crippen molar-refractivity contribution in [3.05, 3.63) is 69.3 Å². The van der Waals surface area contributed by atoms with Crippen molar-refractivity contribution in [2.45, 2.75) is 32.4 Å². The summed E-state index contributed by atoms with van der Waals surface area (Å²) in [6, 6.07) is 12.0. The number of nitro groups is 1. The Morgan fingerprint density at radius 2 is 1.93 bits per heavy atom. The van der Waals surface area contributed by atoms with E-state index in [1.165, 1.54) is 12.1 Å². The van der Waals surface area contributed by atoms with Gasteiger partial charge in [0.05, 0.1) is 22.2 Å². The molecule has 0 aromatic heterocycles. The summed E-state index contributed by atoms with van der Waals surface area (Å²) in [4.78, 5) is 36.7. The number of hydrogen-bond acceptors (Lipinski definition) is 5. The van der Waals surface area contributed by atoms with E-state index in [0.29, 0.717) is 30.8 Å². The molecule has 0 spiro atoms. The van der Waals surface area contributed by atoms with Crippen LogP contribution in [0.3, 0.4) is 0 Å². The van der Waals surface area contributed by atoms with E-state index in [9.17, 15) is 19.7 Å². The van der Waals surface area contributed by atoms with Gasteiger partial charge in [-0.15, -0.1) is 0 Å². The van der Waals surface area contributed by atoms with Gasteiger partial charge in [-0.3, -0.25) is 24.6 Å². The second-order valence-corrected chi connectivity index (χ2v) is 6.87. The first-order valence-corrected chi connectivity index (χ1v) is 9.01. The van der Waals surface area contributed by atoms with Gasteiger partial charge < -0.3 is 11.1 Å². The number of nitrogens with one attached hydrogen (secondary N) is 1. The van der Waals surface area contributed by atoms with Crippen molar-refractivity contribution in [3.8, 4) is 0 Å². The topological polar surface area (TPSA) is 119 Å². The number of fused-ring (bicyclic) bond motifs is 1. The lowest BCUT2D eigenvalue weighted by Crippen LogP contribution is -2.49. The van der Waals surface area contributed by atoms with Gasteiger partial charge in [0.15, 0.2) is 0 Å². The Kier molecular flexibility index (Phi) is 5.70. The first kappa shape index (κ1) is 19.5. The van der Waals surface area contributed by atoms with Crippen LogP contribution in [0.5, 0.6) is 0 Å². The van der Waals surface area contributed by atoms with Crippen molar-refractivity contribution in [2.75, 3.05) is 11.9 Å². The monoisotopic (exact) mass is 382 g/mol. The second kappa shape index (κ2) is 8.18. The van der Waals surface area contributed by atoms with Crippen molar-refractivity contribution in [3.63, 3.8) is 0 Å². The van der Waals surface area contributed by atoms with Crippen molar-refractivity contribution < 1.29 is 14.5 Å². The predicted octanol–water partition coefficient (Wildman–Crippen LogP) is 2.14. The van der Waals surface area contributed by atoms with E-state index >= 15 is 0 Å². The minimum atomic E-state index is -0.479. The fraction of sp³-hybridized carbons (Fsp3) is 0.300. The first-order valence-electron chi connectivity index (χ1n) is 9.01. The lowest BCUT2D eigenvalue weighted by Gasteiger charge is -2.34. The van der Waals surface area contributed by atoms with Gasteiger partial charge >= 0.3 is 0 Å². The highest BCUT2D eigenvalue weighted by Gasteiger charge is 2.30. The summed E-state index contributed by atoms with van der Waals surface area (Å²) < 4.78 is 0. The molecule has 28 heavy (non-hydrogen) atoms. The zero-order valence-electron chi connectivity index (χ0n) is 15.6. The van der Waals surface area contributed by atoms with Crippen LogP contribution < -0.4 is 11.1 Å². The first-order chi connectivity index (χ1) is 13.4. The van der Waals surface area contributed by atoms with Crippen molar-refractivity contribution in [1.82, 2.24) is 4.90 Å². The SMILES string of the molecule is Cc1c(NC(=O)CCN2Cc3ccccc3C[C@H]2C(N)=O)cccc1[N+](=O)[O-]. The summed E-state index contributed by atoms with van der Waals surface area (Å²) >= 11 is 0. The van der Waals surface area contributed by atoms with Crippen LogP contribution in [0.1, 0.15) is 23.1 Å². The van der Waals surface area contributed by atoms with Gasteiger partial charge in [0.1, 0.15) is 0 Å². The van der Waals surface area contributed by atoms with Crippen LogP contribution in [-0.2, 0) is 22.6 Å². The van der Waals surface area contributed by atoms with Gasteiger partial charge in [0.25, 0.3) is 5.69 Å². The summed E-state index contributed by atoms with van der Waals surface area (Å²) in [7, 11) is 0. The fourth-order valence-electron chi connectivity index (χ4n) is 3.51. The van der Waals surface area contributed by atoms with E-state index in [4.69, 9.17) is 5.73 Å². The Labute approximate surface area is 162 Å². The maximum absolute atomic E-state index is 12.4. The highest BCUT2D eigenvalue weighted by molar-refractivity contribution is 5.92. The molecular formula is C20H22N4O4. The lowest BCUT2D eigenvalue weighted by molar-refractivity contribution is -0.385. The van der Waals surface area contributed by atoms with Gasteiger partial charge in [0, 0.05) is 25.6 Å². The van der Waals surface area contributed by atoms with Gasteiger partial charge in [0.2, 0.25) is 11.8 Å². The summed E-state index contributed by atoms with van der Waals surface area (Å²) in [5, 5.41) is 13.8. The highest BCUT2D eigenvalue weighted by atomic mass is 16.6. The lowest BCUT2D eigenvalue weighted by atomic mass is 9.93. The number of nitrogens with zero attached hydrogens (tertiary/aromatic N) is 2. The molecule has 146 valence electrons. The standard InChI is InChI=1S/C20H22N4O4/c1-13-16(7-4-8-17(13)24(27)28)22-19(25)9-10-23-12-15-6-3-2-5-14(15)11-18(23)20(21)26/h2-8,18H,9-12H2,1H3,(H2,21,26)(H,22,25)/t18-/m0/s1.